The van der Waals surface area contributed by atoms with E-state index < -0.39 is 17.4 Å². The molecule has 0 bridgehead atoms. The third-order valence-corrected chi connectivity index (χ3v) is 6.83. The maximum atomic E-state index is 13.0. The number of furan rings is 1. The van der Waals surface area contributed by atoms with Crippen molar-refractivity contribution in [3.05, 3.63) is 76.2 Å². The summed E-state index contributed by atoms with van der Waals surface area (Å²) < 4.78 is 5.80. The molecule has 0 radical (unpaired) electrons. The molecule has 2 heterocycles. The minimum absolute atomic E-state index is 0.248. The molecule has 4 atom stereocenters. The van der Waals surface area contributed by atoms with Crippen molar-refractivity contribution in [3.8, 4) is 0 Å². The Hall–Kier alpha value is -2.19. The highest BCUT2D eigenvalue weighted by atomic mass is 35.5. The molecule has 31 heavy (non-hydrogen) atoms. The molecule has 8 heteroatoms. The van der Waals surface area contributed by atoms with Gasteiger partial charge in [0.1, 0.15) is 5.76 Å². The van der Waals surface area contributed by atoms with Crippen LogP contribution >= 0.6 is 30.1 Å². The van der Waals surface area contributed by atoms with Gasteiger partial charge in [-0.1, -0.05) is 29.8 Å². The van der Waals surface area contributed by atoms with Gasteiger partial charge in [0.15, 0.2) is 10.8 Å². The Labute approximate surface area is 191 Å². The Morgan fingerprint density at radius 2 is 1.90 bits per heavy atom. The molecule has 0 fully saturated rings. The van der Waals surface area contributed by atoms with E-state index in [2.05, 4.69) is 24.5 Å². The van der Waals surface area contributed by atoms with Crippen molar-refractivity contribution in [2.75, 3.05) is 5.01 Å². The lowest BCUT2D eigenvalue weighted by atomic mass is 9.78. The van der Waals surface area contributed by atoms with Gasteiger partial charge in [-0.3, -0.25) is 4.79 Å². The first-order valence-electron chi connectivity index (χ1n) is 9.79. The predicted molar refractivity (Wildman–Crippen MR) is 134 cm³/mol. The highest BCUT2D eigenvalue weighted by Gasteiger charge is 2.55. The second kappa shape index (κ2) is 8.06. The molecule has 160 valence electrons. The van der Waals surface area contributed by atoms with E-state index in [0.717, 1.165) is 33.0 Å². The fourth-order valence-corrected chi connectivity index (χ4v) is 5.23. The van der Waals surface area contributed by atoms with Crippen LogP contribution in [0.2, 0.25) is 5.22 Å². The van der Waals surface area contributed by atoms with Gasteiger partial charge >= 0.3 is 0 Å². The van der Waals surface area contributed by atoms with Gasteiger partial charge in [0.05, 0.1) is 17.3 Å². The van der Waals surface area contributed by atoms with Crippen LogP contribution in [0.15, 0.2) is 58.0 Å². The largest absolute Gasteiger partial charge is 0.449 e. The van der Waals surface area contributed by atoms with Gasteiger partial charge in [-0.15, -0.1) is 18.5 Å². The number of hydrazone groups is 1. The van der Waals surface area contributed by atoms with Crippen molar-refractivity contribution in [2.45, 2.75) is 32.2 Å². The molecule has 1 aliphatic rings. The molecule has 2 aromatic carbocycles. The number of aryl methyl sites for hydroxylation is 2. The number of halogens is 1. The lowest BCUT2D eigenvalue weighted by Gasteiger charge is -2.36. The van der Waals surface area contributed by atoms with Crippen LogP contribution in [0.25, 0.3) is 0 Å². The number of hydrogen-bond acceptors (Lipinski definition) is 4. The first-order valence-corrected chi connectivity index (χ1v) is 11.3. The number of benzene rings is 2. The molecular formula is C23H24ClN3O2P2. The maximum Gasteiger partial charge on any atom is 0.246 e. The summed E-state index contributed by atoms with van der Waals surface area (Å²) in [5.74, 6) is -0.513. The summed E-state index contributed by atoms with van der Waals surface area (Å²) in [7, 11) is 5.44. The van der Waals surface area contributed by atoms with Crippen LogP contribution in [0.3, 0.4) is 0 Å². The summed E-state index contributed by atoms with van der Waals surface area (Å²) in [4.78, 5) is 13.0. The molecular weight excluding hydrogens is 448 g/mol. The summed E-state index contributed by atoms with van der Waals surface area (Å²) in [6.07, 6.45) is 0. The van der Waals surface area contributed by atoms with Crippen molar-refractivity contribution >= 4 is 58.0 Å². The number of hydrogen-bond donors (Lipinski definition) is 1. The van der Waals surface area contributed by atoms with E-state index in [9.17, 15) is 4.79 Å². The number of rotatable bonds is 4. The molecule has 3 aromatic rings. The lowest BCUT2D eigenvalue weighted by Crippen LogP contribution is -2.55. The SMILES string of the molecule is Cc1ccc(N2N=C(c3ccc(P)cc3P)C(c3ccc(Cl)o3)C2(C)C(N)=O)c(C)c1. The number of carbonyl (C=O) groups excluding carboxylic acids is 1. The Bertz CT molecular complexity index is 1220. The molecule has 1 amide bonds. The zero-order valence-electron chi connectivity index (χ0n) is 17.5. The Balaban J connectivity index is 2.00. The van der Waals surface area contributed by atoms with Crippen LogP contribution in [0.5, 0.6) is 0 Å². The van der Waals surface area contributed by atoms with E-state index in [1.807, 2.05) is 44.2 Å². The van der Waals surface area contributed by atoms with Crippen LogP contribution in [0.4, 0.5) is 5.69 Å². The average molecular weight is 472 g/mol. The zero-order valence-corrected chi connectivity index (χ0v) is 20.6. The van der Waals surface area contributed by atoms with Crippen molar-refractivity contribution in [1.29, 1.82) is 0 Å². The van der Waals surface area contributed by atoms with Gasteiger partial charge in [0.25, 0.3) is 0 Å². The van der Waals surface area contributed by atoms with E-state index in [0.29, 0.717) is 11.5 Å². The smallest absolute Gasteiger partial charge is 0.246 e. The number of nitrogens with two attached hydrogens (primary N) is 1. The Kier molecular flexibility index (Phi) is 5.72. The normalized spacial score (nSPS) is 20.8. The van der Waals surface area contributed by atoms with Gasteiger partial charge in [-0.25, -0.2) is 5.01 Å². The minimum Gasteiger partial charge on any atom is -0.449 e. The molecule has 1 aromatic heterocycles. The van der Waals surface area contributed by atoms with Gasteiger partial charge in [0, 0.05) is 5.56 Å². The van der Waals surface area contributed by atoms with E-state index in [1.54, 1.807) is 24.1 Å². The van der Waals surface area contributed by atoms with Gasteiger partial charge in [-0.05, 0) is 72.8 Å². The lowest BCUT2D eigenvalue weighted by molar-refractivity contribution is -0.122. The predicted octanol–water partition coefficient (Wildman–Crippen LogP) is 3.80. The molecule has 2 N–H and O–H groups in total. The standard InChI is InChI=1S/C23H24ClN3O2P2/c1-12-4-7-16(13(2)10-12)27-23(3,22(25)28)20(17-8-9-19(24)29-17)21(26-27)15-6-5-14(30)11-18(15)31/h4-11,20H,30-31H2,1-3H3,(H2,25,28). The number of carbonyl (C=O) groups is 1. The zero-order chi connectivity index (χ0) is 22.5. The molecule has 5 nitrogen and oxygen atoms in total. The number of anilines is 1. The van der Waals surface area contributed by atoms with Crippen molar-refractivity contribution in [2.24, 2.45) is 10.8 Å². The second-order valence-corrected chi connectivity index (χ2v) is 9.68. The summed E-state index contributed by atoms with van der Waals surface area (Å²) in [6.45, 7) is 5.83. The summed E-state index contributed by atoms with van der Waals surface area (Å²) in [6, 6.07) is 15.5. The molecule has 4 unspecified atom stereocenters. The third-order valence-electron chi connectivity index (χ3n) is 5.79. The highest BCUT2D eigenvalue weighted by molar-refractivity contribution is 7.29. The summed E-state index contributed by atoms with van der Waals surface area (Å²) in [5.41, 5.74) is 9.38. The molecule has 0 saturated heterocycles. The first-order chi connectivity index (χ1) is 14.6. The second-order valence-electron chi connectivity index (χ2n) is 8.02. The topological polar surface area (TPSA) is 71.8 Å². The molecule has 0 aliphatic carbocycles. The third kappa shape index (κ3) is 3.69. The van der Waals surface area contributed by atoms with Crippen molar-refractivity contribution in [1.82, 2.24) is 0 Å². The van der Waals surface area contributed by atoms with E-state index in [-0.39, 0.29) is 5.22 Å². The number of nitrogens with zero attached hydrogens (tertiary/aromatic N) is 2. The highest BCUT2D eigenvalue weighted by Crippen LogP contribution is 2.46. The van der Waals surface area contributed by atoms with Gasteiger partial charge in [0.2, 0.25) is 5.91 Å². The summed E-state index contributed by atoms with van der Waals surface area (Å²) in [5, 5.41) is 8.97. The summed E-state index contributed by atoms with van der Waals surface area (Å²) >= 11 is 6.11. The van der Waals surface area contributed by atoms with Gasteiger partial charge < -0.3 is 10.2 Å². The molecule has 0 saturated carbocycles. The van der Waals surface area contributed by atoms with Crippen LogP contribution < -0.4 is 21.4 Å². The van der Waals surface area contributed by atoms with E-state index >= 15 is 0 Å². The monoisotopic (exact) mass is 471 g/mol. The fraction of sp³-hybridized carbons (Fsp3) is 0.217. The van der Waals surface area contributed by atoms with Crippen LogP contribution in [0.1, 0.15) is 35.3 Å². The first kappa shape index (κ1) is 22.0. The Morgan fingerprint density at radius 3 is 2.48 bits per heavy atom. The van der Waals surface area contributed by atoms with E-state index in [4.69, 9.17) is 26.9 Å². The van der Waals surface area contributed by atoms with E-state index in [1.165, 1.54) is 0 Å². The average Bonchev–Trinajstić information content (AvgIpc) is 3.23. The maximum absolute atomic E-state index is 13.0. The Morgan fingerprint density at radius 1 is 1.16 bits per heavy atom. The minimum atomic E-state index is -1.20. The number of amides is 1. The van der Waals surface area contributed by atoms with Crippen molar-refractivity contribution < 1.29 is 9.21 Å². The van der Waals surface area contributed by atoms with Crippen LogP contribution in [-0.4, -0.2) is 17.2 Å². The van der Waals surface area contributed by atoms with Gasteiger partial charge in [-0.2, -0.15) is 5.10 Å². The van der Waals surface area contributed by atoms with Crippen LogP contribution in [0, 0.1) is 13.8 Å². The molecule has 0 spiro atoms. The quantitative estimate of drug-likeness (QED) is 0.588. The fourth-order valence-electron chi connectivity index (χ4n) is 4.17. The molecule has 1 aliphatic heterocycles. The number of primary amides is 1. The van der Waals surface area contributed by atoms with Crippen molar-refractivity contribution in [3.63, 3.8) is 0 Å². The van der Waals surface area contributed by atoms with Crippen LogP contribution in [-0.2, 0) is 4.79 Å². The molecule has 4 rings (SSSR count).